The van der Waals surface area contributed by atoms with Crippen molar-refractivity contribution in [1.29, 1.82) is 0 Å². The summed E-state index contributed by atoms with van der Waals surface area (Å²) in [5, 5.41) is 0. The van der Waals surface area contributed by atoms with Crippen molar-refractivity contribution in [2.45, 2.75) is 6.42 Å². The van der Waals surface area contributed by atoms with Crippen LogP contribution in [0.4, 0.5) is 11.4 Å². The van der Waals surface area contributed by atoms with Crippen molar-refractivity contribution in [3.8, 4) is 0 Å². The molecule has 0 spiro atoms. The number of nitrogens with zero attached hydrogens (tertiary/aromatic N) is 3. The third kappa shape index (κ3) is 3.77. The Morgan fingerprint density at radius 2 is 1.64 bits per heavy atom. The number of hydrogen-bond donors (Lipinski definition) is 1. The van der Waals surface area contributed by atoms with Crippen LogP contribution in [0.15, 0.2) is 24.3 Å². The van der Waals surface area contributed by atoms with Crippen LogP contribution in [-0.2, 0) is 19.6 Å². The predicted octanol–water partition coefficient (Wildman–Crippen LogP) is -0.394. The second-order valence-electron chi connectivity index (χ2n) is 6.47. The van der Waals surface area contributed by atoms with Crippen LogP contribution < -0.4 is 15.5 Å². The average molecular weight is 366 g/mol. The molecule has 3 rings (SSSR count). The second-order valence-corrected chi connectivity index (χ2v) is 8.46. The van der Waals surface area contributed by atoms with E-state index in [9.17, 15) is 18.0 Å². The normalized spacial score (nSPS) is 22.4. The van der Waals surface area contributed by atoms with Crippen LogP contribution in [-0.4, -0.2) is 63.5 Å². The molecule has 25 heavy (non-hydrogen) atoms. The van der Waals surface area contributed by atoms with E-state index in [1.54, 1.807) is 4.90 Å². The summed E-state index contributed by atoms with van der Waals surface area (Å²) in [4.78, 5) is 27.0. The smallest absolute Gasteiger partial charge is 0.227 e. The molecule has 1 aromatic carbocycles. The molecule has 2 amide bonds. The van der Waals surface area contributed by atoms with Gasteiger partial charge in [-0.15, -0.1) is 0 Å². The molecule has 0 aliphatic carbocycles. The number of amides is 2. The first-order valence-corrected chi connectivity index (χ1v) is 10.0. The van der Waals surface area contributed by atoms with Gasteiger partial charge >= 0.3 is 0 Å². The molecule has 1 atom stereocenters. The monoisotopic (exact) mass is 366 g/mol. The molecule has 2 fully saturated rings. The molecule has 2 N–H and O–H groups in total. The van der Waals surface area contributed by atoms with Gasteiger partial charge in [-0.05, 0) is 24.3 Å². The van der Waals surface area contributed by atoms with Gasteiger partial charge in [0.15, 0.2) is 0 Å². The molecule has 0 unspecified atom stereocenters. The molecular weight excluding hydrogens is 344 g/mol. The van der Waals surface area contributed by atoms with Crippen LogP contribution in [0.3, 0.4) is 0 Å². The van der Waals surface area contributed by atoms with Gasteiger partial charge in [0.2, 0.25) is 21.8 Å². The van der Waals surface area contributed by atoms with Crippen LogP contribution in [0.5, 0.6) is 0 Å². The van der Waals surface area contributed by atoms with Crippen molar-refractivity contribution in [2.75, 3.05) is 48.8 Å². The van der Waals surface area contributed by atoms with E-state index in [4.69, 9.17) is 5.73 Å². The van der Waals surface area contributed by atoms with Gasteiger partial charge in [-0.2, -0.15) is 4.31 Å². The number of anilines is 2. The van der Waals surface area contributed by atoms with Crippen molar-refractivity contribution in [3.63, 3.8) is 0 Å². The third-order valence-electron chi connectivity index (χ3n) is 4.76. The highest BCUT2D eigenvalue weighted by atomic mass is 32.2. The molecule has 8 nitrogen and oxygen atoms in total. The highest BCUT2D eigenvalue weighted by Crippen LogP contribution is 2.27. The van der Waals surface area contributed by atoms with Crippen molar-refractivity contribution in [2.24, 2.45) is 11.7 Å². The molecular formula is C16H22N4O4S. The van der Waals surface area contributed by atoms with Gasteiger partial charge in [0.1, 0.15) is 0 Å². The summed E-state index contributed by atoms with van der Waals surface area (Å²) in [6.45, 7) is 2.50. The number of piperazine rings is 1. The van der Waals surface area contributed by atoms with E-state index in [1.165, 1.54) is 10.6 Å². The molecule has 2 aliphatic rings. The van der Waals surface area contributed by atoms with Gasteiger partial charge in [0.25, 0.3) is 0 Å². The first kappa shape index (κ1) is 17.7. The number of nitrogens with two attached hydrogens (primary N) is 1. The zero-order valence-electron chi connectivity index (χ0n) is 14.1. The SMILES string of the molecule is CS(=O)(=O)N1CCN(c2ccc(N3C[C@H](C(N)=O)CC3=O)cc2)CC1. The maximum atomic E-state index is 12.1. The first-order valence-electron chi connectivity index (χ1n) is 8.15. The summed E-state index contributed by atoms with van der Waals surface area (Å²) in [6.07, 6.45) is 1.38. The average Bonchev–Trinajstić information content (AvgIpc) is 2.96. The summed E-state index contributed by atoms with van der Waals surface area (Å²) in [7, 11) is -3.14. The number of hydrogen-bond acceptors (Lipinski definition) is 5. The van der Waals surface area contributed by atoms with Crippen LogP contribution >= 0.6 is 0 Å². The quantitative estimate of drug-likeness (QED) is 0.781. The van der Waals surface area contributed by atoms with E-state index in [0.717, 1.165) is 11.4 Å². The predicted molar refractivity (Wildman–Crippen MR) is 94.7 cm³/mol. The zero-order chi connectivity index (χ0) is 18.2. The van der Waals surface area contributed by atoms with Crippen molar-refractivity contribution in [3.05, 3.63) is 24.3 Å². The van der Waals surface area contributed by atoms with Gasteiger partial charge in [-0.25, -0.2) is 8.42 Å². The number of rotatable bonds is 4. The summed E-state index contributed by atoms with van der Waals surface area (Å²) in [6, 6.07) is 7.52. The molecule has 2 heterocycles. The van der Waals surface area contributed by atoms with Crippen LogP contribution in [0.2, 0.25) is 0 Å². The van der Waals surface area contributed by atoms with Crippen molar-refractivity contribution in [1.82, 2.24) is 4.31 Å². The molecule has 2 aliphatic heterocycles. The van der Waals surface area contributed by atoms with Crippen molar-refractivity contribution >= 4 is 33.2 Å². The van der Waals surface area contributed by atoms with Gasteiger partial charge in [-0.1, -0.05) is 0 Å². The zero-order valence-corrected chi connectivity index (χ0v) is 14.9. The largest absolute Gasteiger partial charge is 0.369 e. The highest BCUT2D eigenvalue weighted by molar-refractivity contribution is 7.88. The Bertz CT molecular complexity index is 770. The number of sulfonamides is 1. The summed E-state index contributed by atoms with van der Waals surface area (Å²) < 4.78 is 24.6. The Morgan fingerprint density at radius 3 is 2.12 bits per heavy atom. The van der Waals surface area contributed by atoms with E-state index < -0.39 is 21.8 Å². The van der Waals surface area contributed by atoms with Gasteiger partial charge in [-0.3, -0.25) is 9.59 Å². The number of carbonyl (C=O) groups is 2. The summed E-state index contributed by atoms with van der Waals surface area (Å²) in [5.41, 5.74) is 7.02. The van der Waals surface area contributed by atoms with Crippen LogP contribution in [0.1, 0.15) is 6.42 Å². The Balaban J connectivity index is 1.66. The Morgan fingerprint density at radius 1 is 1.08 bits per heavy atom. The Kier molecular flexibility index (Phi) is 4.70. The molecule has 0 bridgehead atoms. The highest BCUT2D eigenvalue weighted by Gasteiger charge is 2.34. The minimum absolute atomic E-state index is 0.0988. The lowest BCUT2D eigenvalue weighted by Gasteiger charge is -2.34. The third-order valence-corrected chi connectivity index (χ3v) is 6.06. The fraction of sp³-hybridized carbons (Fsp3) is 0.500. The molecule has 9 heteroatoms. The molecule has 136 valence electrons. The minimum atomic E-state index is -3.14. The molecule has 1 aromatic rings. The molecule has 0 radical (unpaired) electrons. The Hall–Kier alpha value is -2.13. The lowest BCUT2D eigenvalue weighted by molar-refractivity contribution is -0.123. The van der Waals surface area contributed by atoms with E-state index in [0.29, 0.717) is 32.7 Å². The Labute approximate surface area is 147 Å². The van der Waals surface area contributed by atoms with E-state index in [1.807, 2.05) is 24.3 Å². The maximum Gasteiger partial charge on any atom is 0.227 e. The van der Waals surface area contributed by atoms with E-state index >= 15 is 0 Å². The van der Waals surface area contributed by atoms with Crippen molar-refractivity contribution < 1.29 is 18.0 Å². The molecule has 0 aromatic heterocycles. The van der Waals surface area contributed by atoms with Gasteiger partial charge < -0.3 is 15.5 Å². The summed E-state index contributed by atoms with van der Waals surface area (Å²) >= 11 is 0. The van der Waals surface area contributed by atoms with Crippen LogP contribution in [0.25, 0.3) is 0 Å². The standard InChI is InChI=1S/C16H22N4O4S/c1-25(23,24)19-8-6-18(7-9-19)13-2-4-14(5-3-13)20-11-12(16(17)22)10-15(20)21/h2-5,12H,6-11H2,1H3,(H2,17,22)/t12-/m1/s1. The molecule has 2 saturated heterocycles. The number of primary amides is 1. The van der Waals surface area contributed by atoms with E-state index in [-0.39, 0.29) is 12.3 Å². The fourth-order valence-corrected chi connectivity index (χ4v) is 4.10. The van der Waals surface area contributed by atoms with Crippen LogP contribution in [0, 0.1) is 5.92 Å². The second kappa shape index (κ2) is 6.64. The number of benzene rings is 1. The van der Waals surface area contributed by atoms with Gasteiger partial charge in [0, 0.05) is 50.5 Å². The fourth-order valence-electron chi connectivity index (χ4n) is 3.27. The minimum Gasteiger partial charge on any atom is -0.369 e. The van der Waals surface area contributed by atoms with Gasteiger partial charge in [0.05, 0.1) is 12.2 Å². The van der Waals surface area contributed by atoms with E-state index in [2.05, 4.69) is 4.90 Å². The first-order chi connectivity index (χ1) is 11.8. The topological polar surface area (TPSA) is 104 Å². The number of carbonyl (C=O) groups excluding carboxylic acids is 2. The maximum absolute atomic E-state index is 12.1. The summed E-state index contributed by atoms with van der Waals surface area (Å²) in [5.74, 6) is -0.981. The lowest BCUT2D eigenvalue weighted by Crippen LogP contribution is -2.48. The molecule has 0 saturated carbocycles. The lowest BCUT2D eigenvalue weighted by atomic mass is 10.1.